The molecule has 0 atom stereocenters. The summed E-state index contributed by atoms with van der Waals surface area (Å²) in [7, 11) is 0. The fraction of sp³-hybridized carbons (Fsp3) is 0.0370. The lowest BCUT2D eigenvalue weighted by atomic mass is 10.0. The minimum atomic E-state index is -0.368. The molecule has 4 rings (SSSR count). The second kappa shape index (κ2) is 11.4. The summed E-state index contributed by atoms with van der Waals surface area (Å²) in [4.78, 5) is 24.4. The monoisotopic (exact) mass is 504 g/mol. The van der Waals surface area contributed by atoms with Crippen molar-refractivity contribution in [1.82, 2.24) is 0 Å². The fourth-order valence-electron chi connectivity index (χ4n) is 3.34. The van der Waals surface area contributed by atoms with E-state index in [-0.39, 0.29) is 12.1 Å². The molecule has 4 amide bonds. The van der Waals surface area contributed by atoms with E-state index in [1.165, 1.54) is 0 Å². The van der Waals surface area contributed by atoms with E-state index in [4.69, 9.17) is 23.2 Å². The van der Waals surface area contributed by atoms with Gasteiger partial charge in [0.15, 0.2) is 0 Å². The Balaban J connectivity index is 1.28. The molecule has 0 radical (unpaired) electrons. The number of anilines is 4. The van der Waals surface area contributed by atoms with Crippen molar-refractivity contribution < 1.29 is 9.59 Å². The van der Waals surface area contributed by atoms with Gasteiger partial charge in [0.05, 0.1) is 21.4 Å². The Kier molecular flexibility index (Phi) is 7.88. The lowest BCUT2D eigenvalue weighted by molar-refractivity contribution is 0.261. The van der Waals surface area contributed by atoms with E-state index >= 15 is 0 Å². The lowest BCUT2D eigenvalue weighted by Gasteiger charge is -2.10. The third kappa shape index (κ3) is 6.99. The summed E-state index contributed by atoms with van der Waals surface area (Å²) < 4.78 is 0. The van der Waals surface area contributed by atoms with Gasteiger partial charge < -0.3 is 21.3 Å². The standard InChI is InChI=1S/C27H22Cl2N4O2/c28-22-5-1-3-7-24(22)32-26(34)30-20-13-9-18(10-14-20)17-19-11-15-21(16-12-19)31-27(35)33-25-8-4-2-6-23(25)29/h1-16H,17H2,(H2,30,32,34)(H2,31,33,35). The normalized spacial score (nSPS) is 10.3. The van der Waals surface area contributed by atoms with Crippen LogP contribution in [0, 0.1) is 0 Å². The van der Waals surface area contributed by atoms with Crippen molar-refractivity contribution in [2.45, 2.75) is 6.42 Å². The van der Waals surface area contributed by atoms with Crippen LogP contribution in [0.1, 0.15) is 11.1 Å². The SMILES string of the molecule is O=C(Nc1ccc(Cc2ccc(NC(=O)Nc3ccccc3Cl)cc2)cc1)Nc1ccccc1Cl. The van der Waals surface area contributed by atoms with Gasteiger partial charge in [-0.3, -0.25) is 0 Å². The molecule has 0 aliphatic rings. The van der Waals surface area contributed by atoms with Crippen molar-refractivity contribution in [3.8, 4) is 0 Å². The number of hydrogen-bond acceptors (Lipinski definition) is 2. The Bertz CT molecular complexity index is 1220. The van der Waals surface area contributed by atoms with Crippen LogP contribution < -0.4 is 21.3 Å². The zero-order valence-corrected chi connectivity index (χ0v) is 20.0. The third-order valence-corrected chi connectivity index (χ3v) is 5.74. The second-order valence-electron chi connectivity index (χ2n) is 7.69. The van der Waals surface area contributed by atoms with Crippen LogP contribution in [0.5, 0.6) is 0 Å². The highest BCUT2D eigenvalue weighted by Gasteiger charge is 2.07. The average Bonchev–Trinajstić information content (AvgIpc) is 2.84. The summed E-state index contributed by atoms with van der Waals surface area (Å²) in [6, 6.07) is 28.5. The number of urea groups is 2. The van der Waals surface area contributed by atoms with Crippen LogP contribution in [0.4, 0.5) is 32.3 Å². The Morgan fingerprint density at radius 1 is 0.514 bits per heavy atom. The molecule has 176 valence electrons. The van der Waals surface area contributed by atoms with Gasteiger partial charge >= 0.3 is 12.1 Å². The van der Waals surface area contributed by atoms with Gasteiger partial charge in [0, 0.05) is 11.4 Å². The quantitative estimate of drug-likeness (QED) is 0.215. The van der Waals surface area contributed by atoms with Crippen LogP contribution in [0.25, 0.3) is 0 Å². The molecule has 4 aromatic carbocycles. The Morgan fingerprint density at radius 3 is 1.26 bits per heavy atom. The van der Waals surface area contributed by atoms with Crippen LogP contribution in [0.2, 0.25) is 10.0 Å². The second-order valence-corrected chi connectivity index (χ2v) is 8.50. The van der Waals surface area contributed by atoms with Crippen LogP contribution in [0.3, 0.4) is 0 Å². The molecule has 0 heterocycles. The summed E-state index contributed by atoms with van der Waals surface area (Å²) in [5, 5.41) is 12.0. The van der Waals surface area contributed by atoms with Crippen LogP contribution >= 0.6 is 23.2 Å². The highest BCUT2D eigenvalue weighted by Crippen LogP contribution is 2.22. The molecule has 0 fully saturated rings. The van der Waals surface area contributed by atoms with E-state index in [2.05, 4.69) is 21.3 Å². The summed E-state index contributed by atoms with van der Waals surface area (Å²) in [5.74, 6) is 0. The van der Waals surface area contributed by atoms with Crippen molar-refractivity contribution in [2.75, 3.05) is 21.3 Å². The zero-order valence-electron chi connectivity index (χ0n) is 18.5. The molecular weight excluding hydrogens is 483 g/mol. The molecule has 0 bridgehead atoms. The molecule has 35 heavy (non-hydrogen) atoms. The maximum absolute atomic E-state index is 12.2. The van der Waals surface area contributed by atoms with Gasteiger partial charge in [0.2, 0.25) is 0 Å². The van der Waals surface area contributed by atoms with Gasteiger partial charge in [0.25, 0.3) is 0 Å². The molecule has 0 aliphatic carbocycles. The molecule has 0 spiro atoms. The number of nitrogens with one attached hydrogen (secondary N) is 4. The number of benzene rings is 4. The maximum Gasteiger partial charge on any atom is 0.323 e. The summed E-state index contributed by atoms with van der Waals surface area (Å²) in [6.45, 7) is 0. The average molecular weight is 505 g/mol. The molecule has 6 nitrogen and oxygen atoms in total. The third-order valence-electron chi connectivity index (χ3n) is 5.08. The highest BCUT2D eigenvalue weighted by atomic mass is 35.5. The number of amides is 4. The van der Waals surface area contributed by atoms with Gasteiger partial charge in [0.1, 0.15) is 0 Å². The maximum atomic E-state index is 12.2. The van der Waals surface area contributed by atoms with Gasteiger partial charge in [-0.25, -0.2) is 9.59 Å². The largest absolute Gasteiger partial charge is 0.323 e. The first-order valence-electron chi connectivity index (χ1n) is 10.8. The predicted octanol–water partition coefficient (Wildman–Crippen LogP) is 7.87. The minimum Gasteiger partial charge on any atom is -0.308 e. The molecule has 0 saturated carbocycles. The summed E-state index contributed by atoms with van der Waals surface area (Å²) in [5.41, 5.74) is 4.59. The molecule has 0 unspecified atom stereocenters. The first-order chi connectivity index (χ1) is 17.0. The Hall–Kier alpha value is -4.00. The Labute approximate surface area is 213 Å². The number of rotatable bonds is 6. The number of para-hydroxylation sites is 2. The van der Waals surface area contributed by atoms with Crippen LogP contribution in [-0.2, 0) is 6.42 Å². The van der Waals surface area contributed by atoms with E-state index in [0.717, 1.165) is 11.1 Å². The van der Waals surface area contributed by atoms with Gasteiger partial charge in [-0.1, -0.05) is 71.7 Å². The summed E-state index contributed by atoms with van der Waals surface area (Å²) >= 11 is 12.1. The number of halogens is 2. The molecule has 4 N–H and O–H groups in total. The summed E-state index contributed by atoms with van der Waals surface area (Å²) in [6.07, 6.45) is 0.707. The minimum absolute atomic E-state index is 0.368. The van der Waals surface area contributed by atoms with Crippen molar-refractivity contribution in [3.05, 3.63) is 118 Å². The molecule has 0 saturated heterocycles. The van der Waals surface area contributed by atoms with E-state index in [1.807, 2.05) is 48.5 Å². The number of carbonyl (C=O) groups is 2. The molecule has 4 aromatic rings. The van der Waals surface area contributed by atoms with Crippen LogP contribution in [-0.4, -0.2) is 12.1 Å². The molecule has 8 heteroatoms. The molecule has 0 aromatic heterocycles. The molecular formula is C27H22Cl2N4O2. The lowest BCUT2D eigenvalue weighted by Crippen LogP contribution is -2.19. The Morgan fingerprint density at radius 2 is 0.886 bits per heavy atom. The van der Waals surface area contributed by atoms with E-state index in [9.17, 15) is 9.59 Å². The first-order valence-corrected chi connectivity index (χ1v) is 11.5. The van der Waals surface area contributed by atoms with Crippen LogP contribution in [0.15, 0.2) is 97.1 Å². The topological polar surface area (TPSA) is 82.3 Å². The zero-order chi connectivity index (χ0) is 24.6. The van der Waals surface area contributed by atoms with Gasteiger partial charge in [-0.05, 0) is 66.1 Å². The smallest absolute Gasteiger partial charge is 0.308 e. The van der Waals surface area contributed by atoms with Crippen molar-refractivity contribution in [1.29, 1.82) is 0 Å². The number of hydrogen-bond donors (Lipinski definition) is 4. The van der Waals surface area contributed by atoms with E-state index < -0.39 is 0 Å². The van der Waals surface area contributed by atoms with Crippen molar-refractivity contribution >= 4 is 58.0 Å². The first kappa shape index (κ1) is 24.1. The van der Waals surface area contributed by atoms with Crippen molar-refractivity contribution in [3.63, 3.8) is 0 Å². The molecule has 0 aliphatic heterocycles. The van der Waals surface area contributed by atoms with E-state index in [0.29, 0.717) is 39.2 Å². The fourth-order valence-corrected chi connectivity index (χ4v) is 3.71. The predicted molar refractivity (Wildman–Crippen MR) is 144 cm³/mol. The number of carbonyl (C=O) groups excluding carboxylic acids is 2. The van der Waals surface area contributed by atoms with E-state index in [1.54, 1.807) is 48.5 Å². The van der Waals surface area contributed by atoms with Gasteiger partial charge in [-0.2, -0.15) is 0 Å². The van der Waals surface area contributed by atoms with Gasteiger partial charge in [-0.15, -0.1) is 0 Å². The highest BCUT2D eigenvalue weighted by molar-refractivity contribution is 6.34. The van der Waals surface area contributed by atoms with Crippen molar-refractivity contribution in [2.24, 2.45) is 0 Å².